The number of rotatable bonds is 3. The molecule has 0 saturated carbocycles. The molecule has 0 aromatic heterocycles. The van der Waals surface area contributed by atoms with Crippen molar-refractivity contribution in [3.05, 3.63) is 34.9 Å². The minimum atomic E-state index is -3.51. The van der Waals surface area contributed by atoms with Crippen LogP contribution in [-0.4, -0.2) is 49.7 Å². The van der Waals surface area contributed by atoms with E-state index in [0.717, 1.165) is 42.6 Å². The number of fused-ring (bicyclic) bond motifs is 1. The Labute approximate surface area is 181 Å². The maximum Gasteiger partial charge on any atom is 0.250 e. The van der Waals surface area contributed by atoms with Gasteiger partial charge in [-0.25, -0.2) is 8.42 Å². The van der Waals surface area contributed by atoms with Gasteiger partial charge in [0.2, 0.25) is 15.9 Å². The van der Waals surface area contributed by atoms with Gasteiger partial charge in [-0.05, 0) is 65.8 Å². The summed E-state index contributed by atoms with van der Waals surface area (Å²) in [6.07, 6.45) is 4.73. The standard InChI is InChI=1S/C24H34N2O3S/c1-16-7-17(2)13-25(12-16)24(27)22-9-20-5-6-23(11-21(20)10-22)30(28,29)26-14-18(3)8-19(4)15-26/h5-6,10-11,16-19H,7-9,12-15H2,1-4H3. The Bertz CT molecular complexity index is 949. The third kappa shape index (κ3) is 4.22. The van der Waals surface area contributed by atoms with Crippen molar-refractivity contribution in [2.45, 2.75) is 51.9 Å². The van der Waals surface area contributed by atoms with Crippen LogP contribution >= 0.6 is 0 Å². The summed E-state index contributed by atoms with van der Waals surface area (Å²) in [6.45, 7) is 11.4. The zero-order chi connectivity index (χ0) is 21.6. The third-order valence-electron chi connectivity index (χ3n) is 6.73. The van der Waals surface area contributed by atoms with E-state index in [1.165, 1.54) is 0 Å². The Kier molecular flexibility index (Phi) is 5.84. The van der Waals surface area contributed by atoms with Crippen LogP contribution in [0.2, 0.25) is 0 Å². The third-order valence-corrected chi connectivity index (χ3v) is 8.56. The van der Waals surface area contributed by atoms with E-state index < -0.39 is 10.0 Å². The first-order valence-electron chi connectivity index (χ1n) is 11.3. The van der Waals surface area contributed by atoms with E-state index in [1.807, 2.05) is 17.0 Å². The van der Waals surface area contributed by atoms with Crippen LogP contribution in [-0.2, 0) is 21.2 Å². The number of hydrogen-bond donors (Lipinski definition) is 0. The number of hydrogen-bond acceptors (Lipinski definition) is 3. The highest BCUT2D eigenvalue weighted by Crippen LogP contribution is 2.32. The summed E-state index contributed by atoms with van der Waals surface area (Å²) in [6, 6.07) is 5.36. The molecule has 2 heterocycles. The Hall–Kier alpha value is -1.66. The molecule has 1 aromatic carbocycles. The van der Waals surface area contributed by atoms with Crippen molar-refractivity contribution in [2.24, 2.45) is 23.7 Å². The quantitative estimate of drug-likeness (QED) is 0.733. The molecule has 6 heteroatoms. The molecule has 0 radical (unpaired) electrons. The second-order valence-electron chi connectivity index (χ2n) is 10.1. The van der Waals surface area contributed by atoms with Gasteiger partial charge in [0.15, 0.2) is 0 Å². The molecule has 1 amide bonds. The van der Waals surface area contributed by atoms with Crippen molar-refractivity contribution < 1.29 is 13.2 Å². The predicted molar refractivity (Wildman–Crippen MR) is 119 cm³/mol. The summed E-state index contributed by atoms with van der Waals surface area (Å²) in [4.78, 5) is 15.4. The minimum absolute atomic E-state index is 0.104. The minimum Gasteiger partial charge on any atom is -0.338 e. The summed E-state index contributed by atoms with van der Waals surface area (Å²) in [5.41, 5.74) is 2.69. The summed E-state index contributed by atoms with van der Waals surface area (Å²) in [5, 5.41) is 0. The normalized spacial score (nSPS) is 30.1. The van der Waals surface area contributed by atoms with Gasteiger partial charge in [0.05, 0.1) is 4.90 Å². The van der Waals surface area contributed by atoms with Crippen molar-refractivity contribution in [2.75, 3.05) is 26.2 Å². The molecule has 0 spiro atoms. The molecule has 0 bridgehead atoms. The number of benzene rings is 1. The fourth-order valence-electron chi connectivity index (χ4n) is 5.59. The van der Waals surface area contributed by atoms with Crippen molar-refractivity contribution in [3.8, 4) is 0 Å². The maximum absolute atomic E-state index is 13.2. The Morgan fingerprint density at radius 3 is 2.07 bits per heavy atom. The second kappa shape index (κ2) is 8.12. The summed E-state index contributed by atoms with van der Waals surface area (Å²) in [7, 11) is -3.51. The van der Waals surface area contributed by atoms with E-state index in [2.05, 4.69) is 27.7 Å². The summed E-state index contributed by atoms with van der Waals surface area (Å²) in [5.74, 6) is 1.89. The summed E-state index contributed by atoms with van der Waals surface area (Å²) >= 11 is 0. The van der Waals surface area contributed by atoms with Crippen LogP contribution in [0.4, 0.5) is 0 Å². The number of amides is 1. The van der Waals surface area contributed by atoms with Crippen molar-refractivity contribution in [1.29, 1.82) is 0 Å². The van der Waals surface area contributed by atoms with Gasteiger partial charge in [-0.3, -0.25) is 4.79 Å². The first-order chi connectivity index (χ1) is 14.1. The van der Waals surface area contributed by atoms with Crippen LogP contribution in [0, 0.1) is 23.7 Å². The molecular weight excluding hydrogens is 396 g/mol. The monoisotopic (exact) mass is 430 g/mol. The van der Waals surface area contributed by atoms with Crippen molar-refractivity contribution >= 4 is 22.0 Å². The molecule has 5 nitrogen and oxygen atoms in total. The zero-order valence-corrected chi connectivity index (χ0v) is 19.4. The molecule has 1 aliphatic carbocycles. The predicted octanol–water partition coefficient (Wildman–Crippen LogP) is 3.80. The smallest absolute Gasteiger partial charge is 0.250 e. The molecule has 4 atom stereocenters. The fraction of sp³-hybridized carbons (Fsp3) is 0.625. The first kappa shape index (κ1) is 21.6. The lowest BCUT2D eigenvalue weighted by Gasteiger charge is -2.35. The molecule has 2 fully saturated rings. The number of carbonyl (C=O) groups excluding carboxylic acids is 1. The molecule has 2 aliphatic heterocycles. The topological polar surface area (TPSA) is 57.7 Å². The largest absolute Gasteiger partial charge is 0.338 e. The van der Waals surface area contributed by atoms with Crippen LogP contribution in [0.3, 0.4) is 0 Å². The maximum atomic E-state index is 13.2. The molecule has 30 heavy (non-hydrogen) atoms. The highest BCUT2D eigenvalue weighted by atomic mass is 32.2. The molecule has 3 aliphatic rings. The van der Waals surface area contributed by atoms with Gasteiger partial charge in [-0.15, -0.1) is 0 Å². The molecule has 4 rings (SSSR count). The van der Waals surface area contributed by atoms with Gasteiger partial charge >= 0.3 is 0 Å². The number of sulfonamides is 1. The number of likely N-dealkylation sites (tertiary alicyclic amines) is 1. The van der Waals surface area contributed by atoms with Gasteiger partial charge in [-0.1, -0.05) is 33.8 Å². The number of nitrogens with zero attached hydrogens (tertiary/aromatic N) is 2. The molecule has 164 valence electrons. The van der Waals surface area contributed by atoms with E-state index in [4.69, 9.17) is 0 Å². The van der Waals surface area contributed by atoms with Crippen LogP contribution in [0.25, 0.3) is 6.08 Å². The zero-order valence-electron chi connectivity index (χ0n) is 18.6. The van der Waals surface area contributed by atoms with Gasteiger partial charge in [0.25, 0.3) is 0 Å². The lowest BCUT2D eigenvalue weighted by atomic mass is 9.91. The van der Waals surface area contributed by atoms with Gasteiger partial charge < -0.3 is 4.90 Å². The van der Waals surface area contributed by atoms with E-state index in [0.29, 0.717) is 48.1 Å². The van der Waals surface area contributed by atoms with Crippen molar-refractivity contribution in [1.82, 2.24) is 9.21 Å². The molecule has 1 aromatic rings. The molecule has 0 N–H and O–H groups in total. The highest BCUT2D eigenvalue weighted by molar-refractivity contribution is 7.89. The van der Waals surface area contributed by atoms with Gasteiger partial charge in [-0.2, -0.15) is 4.31 Å². The first-order valence-corrected chi connectivity index (χ1v) is 12.7. The van der Waals surface area contributed by atoms with Crippen LogP contribution in [0.5, 0.6) is 0 Å². The number of carbonyl (C=O) groups is 1. The van der Waals surface area contributed by atoms with E-state index in [9.17, 15) is 13.2 Å². The lowest BCUT2D eigenvalue weighted by Crippen LogP contribution is -2.43. The second-order valence-corrected chi connectivity index (χ2v) is 12.1. The highest BCUT2D eigenvalue weighted by Gasteiger charge is 2.33. The SMILES string of the molecule is CC1CC(C)CN(C(=O)C2=Cc3cc(S(=O)(=O)N4CC(C)CC(C)C4)ccc3C2)C1. The fourth-order valence-corrected chi connectivity index (χ4v) is 7.31. The lowest BCUT2D eigenvalue weighted by molar-refractivity contribution is -0.129. The average molecular weight is 431 g/mol. The average Bonchev–Trinajstić information content (AvgIpc) is 3.09. The Morgan fingerprint density at radius 1 is 0.900 bits per heavy atom. The Balaban J connectivity index is 1.55. The van der Waals surface area contributed by atoms with Crippen LogP contribution < -0.4 is 0 Å². The molecule has 4 unspecified atom stereocenters. The summed E-state index contributed by atoms with van der Waals surface area (Å²) < 4.78 is 28.1. The van der Waals surface area contributed by atoms with E-state index in [-0.39, 0.29) is 5.91 Å². The molecule has 2 saturated heterocycles. The number of piperidine rings is 2. The Morgan fingerprint density at radius 2 is 1.47 bits per heavy atom. The van der Waals surface area contributed by atoms with E-state index in [1.54, 1.807) is 16.4 Å². The van der Waals surface area contributed by atoms with Crippen LogP contribution in [0.15, 0.2) is 28.7 Å². The van der Waals surface area contributed by atoms with Gasteiger partial charge in [0, 0.05) is 38.2 Å². The van der Waals surface area contributed by atoms with Crippen LogP contribution in [0.1, 0.15) is 51.7 Å². The van der Waals surface area contributed by atoms with Gasteiger partial charge in [0.1, 0.15) is 0 Å². The molecular formula is C24H34N2O3S. The van der Waals surface area contributed by atoms with Crippen molar-refractivity contribution in [3.63, 3.8) is 0 Å². The van der Waals surface area contributed by atoms with E-state index >= 15 is 0 Å².